The summed E-state index contributed by atoms with van der Waals surface area (Å²) in [5.74, 6) is 0. The highest BCUT2D eigenvalue weighted by molar-refractivity contribution is 14.1. The topological polar surface area (TPSA) is 0 Å². The van der Waals surface area contributed by atoms with Crippen molar-refractivity contribution in [3.8, 4) is 0 Å². The summed E-state index contributed by atoms with van der Waals surface area (Å²) in [5, 5.41) is 2.82. The zero-order chi connectivity index (χ0) is 10.4. The summed E-state index contributed by atoms with van der Waals surface area (Å²) in [7, 11) is 0. The van der Waals surface area contributed by atoms with E-state index >= 15 is 0 Å². The average Bonchev–Trinajstić information content (AvgIpc) is 2.57. The fourth-order valence-electron chi connectivity index (χ4n) is 1.90. The van der Waals surface area contributed by atoms with E-state index in [1.807, 2.05) is 11.3 Å². The molecule has 0 aliphatic heterocycles. The van der Waals surface area contributed by atoms with E-state index in [-0.39, 0.29) is 0 Å². The smallest absolute Gasteiger partial charge is 0.0366 e. The minimum atomic E-state index is 1.34. The molecule has 0 N–H and O–H groups in total. The first kappa shape index (κ1) is 9.60. The molecular formula is C13H9IS. The summed E-state index contributed by atoms with van der Waals surface area (Å²) < 4.78 is 4.13. The minimum Gasteiger partial charge on any atom is -0.135 e. The van der Waals surface area contributed by atoms with Gasteiger partial charge in [-0.2, -0.15) is 0 Å². The molecule has 0 aliphatic carbocycles. The summed E-state index contributed by atoms with van der Waals surface area (Å²) in [4.78, 5) is 0. The molecule has 1 heterocycles. The molecule has 1 aromatic heterocycles. The van der Waals surface area contributed by atoms with E-state index in [2.05, 4.69) is 65.9 Å². The molecule has 3 rings (SSSR count). The van der Waals surface area contributed by atoms with Crippen molar-refractivity contribution < 1.29 is 0 Å². The molecule has 0 aliphatic rings. The Hall–Kier alpha value is -0.610. The maximum atomic E-state index is 2.42. The predicted octanol–water partition coefficient (Wildman–Crippen LogP) is 4.97. The summed E-state index contributed by atoms with van der Waals surface area (Å²) in [6, 6.07) is 13.2. The zero-order valence-electron chi connectivity index (χ0n) is 8.25. The summed E-state index contributed by atoms with van der Waals surface area (Å²) in [6.07, 6.45) is 0. The monoisotopic (exact) mass is 324 g/mol. The first-order chi connectivity index (χ1) is 7.25. The maximum Gasteiger partial charge on any atom is 0.0366 e. The van der Waals surface area contributed by atoms with Gasteiger partial charge in [0.2, 0.25) is 0 Å². The number of thiophene rings is 1. The van der Waals surface area contributed by atoms with E-state index in [0.717, 1.165) is 0 Å². The van der Waals surface area contributed by atoms with Crippen LogP contribution < -0.4 is 0 Å². The molecule has 0 fully saturated rings. The van der Waals surface area contributed by atoms with Crippen molar-refractivity contribution in [3.05, 3.63) is 45.5 Å². The van der Waals surface area contributed by atoms with Gasteiger partial charge in [-0.05, 0) is 53.8 Å². The van der Waals surface area contributed by atoms with Crippen LogP contribution in [0.4, 0.5) is 0 Å². The number of aryl methyl sites for hydroxylation is 1. The minimum absolute atomic E-state index is 1.34. The highest BCUT2D eigenvalue weighted by Gasteiger charge is 2.07. The molecule has 15 heavy (non-hydrogen) atoms. The Kier molecular flexibility index (Phi) is 2.21. The highest BCUT2D eigenvalue weighted by atomic mass is 127. The lowest BCUT2D eigenvalue weighted by Crippen LogP contribution is -1.74. The lowest BCUT2D eigenvalue weighted by molar-refractivity contribution is 1.52. The van der Waals surface area contributed by atoms with Crippen LogP contribution in [-0.2, 0) is 0 Å². The fraction of sp³-hybridized carbons (Fsp3) is 0.0769. The molecule has 0 unspecified atom stereocenters. The Morgan fingerprint density at radius 3 is 2.80 bits per heavy atom. The Balaban J connectivity index is 2.61. The van der Waals surface area contributed by atoms with Crippen molar-refractivity contribution in [2.24, 2.45) is 0 Å². The lowest BCUT2D eigenvalue weighted by Gasteiger charge is -1.96. The number of hydrogen-bond donors (Lipinski definition) is 0. The van der Waals surface area contributed by atoms with Gasteiger partial charge < -0.3 is 0 Å². The first-order valence-electron chi connectivity index (χ1n) is 4.83. The largest absolute Gasteiger partial charge is 0.135 e. The van der Waals surface area contributed by atoms with Gasteiger partial charge in [0.05, 0.1) is 0 Å². The molecule has 0 nitrogen and oxygen atoms in total. The van der Waals surface area contributed by atoms with Gasteiger partial charge in [0, 0.05) is 23.7 Å². The van der Waals surface area contributed by atoms with E-state index in [0.29, 0.717) is 0 Å². The third-order valence-electron chi connectivity index (χ3n) is 2.60. The van der Waals surface area contributed by atoms with Crippen molar-refractivity contribution in [2.45, 2.75) is 6.92 Å². The van der Waals surface area contributed by atoms with Gasteiger partial charge in [0.25, 0.3) is 0 Å². The molecule has 3 aromatic rings. The van der Waals surface area contributed by atoms with Crippen molar-refractivity contribution in [1.82, 2.24) is 0 Å². The molecule has 2 aromatic carbocycles. The van der Waals surface area contributed by atoms with E-state index in [4.69, 9.17) is 0 Å². The number of benzene rings is 2. The van der Waals surface area contributed by atoms with Gasteiger partial charge in [-0.25, -0.2) is 0 Å². The second-order valence-corrected chi connectivity index (χ2v) is 5.96. The number of hydrogen-bond acceptors (Lipinski definition) is 1. The third kappa shape index (κ3) is 1.47. The fourth-order valence-corrected chi connectivity index (χ4v) is 3.98. The van der Waals surface area contributed by atoms with Crippen LogP contribution in [0.15, 0.2) is 36.4 Å². The Morgan fingerprint density at radius 2 is 1.93 bits per heavy atom. The van der Waals surface area contributed by atoms with Crippen molar-refractivity contribution in [2.75, 3.05) is 0 Å². The maximum absolute atomic E-state index is 2.42. The highest BCUT2D eigenvalue weighted by Crippen LogP contribution is 2.36. The molecule has 0 atom stereocenters. The van der Waals surface area contributed by atoms with Gasteiger partial charge >= 0.3 is 0 Å². The second-order valence-electron chi connectivity index (χ2n) is 3.71. The van der Waals surface area contributed by atoms with E-state index < -0.39 is 0 Å². The number of fused-ring (bicyclic) bond motifs is 3. The molecule has 0 saturated heterocycles. The lowest BCUT2D eigenvalue weighted by atomic mass is 10.1. The Morgan fingerprint density at radius 1 is 1.07 bits per heavy atom. The summed E-state index contributed by atoms with van der Waals surface area (Å²) in [6.45, 7) is 2.15. The first-order valence-corrected chi connectivity index (χ1v) is 6.72. The van der Waals surface area contributed by atoms with Gasteiger partial charge in [0.15, 0.2) is 0 Å². The summed E-state index contributed by atoms with van der Waals surface area (Å²) >= 11 is 4.30. The molecule has 0 saturated carbocycles. The standard InChI is InChI=1S/C13H9IS/c1-8-5-6-11-9(7-8)13-10(14)3-2-4-12(13)15-11/h2-7H,1H3. The summed E-state index contributed by atoms with van der Waals surface area (Å²) in [5.41, 5.74) is 1.34. The van der Waals surface area contributed by atoms with Crippen molar-refractivity contribution in [1.29, 1.82) is 0 Å². The van der Waals surface area contributed by atoms with E-state index in [9.17, 15) is 0 Å². The number of rotatable bonds is 0. The van der Waals surface area contributed by atoms with Crippen LogP contribution in [0.25, 0.3) is 20.2 Å². The van der Waals surface area contributed by atoms with Gasteiger partial charge in [-0.1, -0.05) is 17.7 Å². The molecule has 0 bridgehead atoms. The number of halogens is 1. The van der Waals surface area contributed by atoms with E-state index in [1.54, 1.807) is 0 Å². The van der Waals surface area contributed by atoms with Crippen LogP contribution in [0.5, 0.6) is 0 Å². The van der Waals surface area contributed by atoms with Gasteiger partial charge in [0.1, 0.15) is 0 Å². The third-order valence-corrected chi connectivity index (χ3v) is 4.63. The molecule has 0 spiro atoms. The predicted molar refractivity (Wildman–Crippen MR) is 76.8 cm³/mol. The van der Waals surface area contributed by atoms with Crippen LogP contribution in [0.3, 0.4) is 0 Å². The van der Waals surface area contributed by atoms with Gasteiger partial charge in [-0.3, -0.25) is 0 Å². The normalized spacial score (nSPS) is 11.3. The molecule has 0 amide bonds. The quantitative estimate of drug-likeness (QED) is 0.512. The van der Waals surface area contributed by atoms with Crippen LogP contribution >= 0.6 is 33.9 Å². The SMILES string of the molecule is Cc1ccc2sc3cccc(I)c3c2c1. The molecule has 74 valence electrons. The van der Waals surface area contributed by atoms with E-state index in [1.165, 1.54) is 29.3 Å². The van der Waals surface area contributed by atoms with Crippen molar-refractivity contribution >= 4 is 54.1 Å². The molecule has 0 radical (unpaired) electrons. The van der Waals surface area contributed by atoms with Crippen LogP contribution in [-0.4, -0.2) is 0 Å². The Labute approximate surface area is 106 Å². The van der Waals surface area contributed by atoms with Crippen molar-refractivity contribution in [3.63, 3.8) is 0 Å². The van der Waals surface area contributed by atoms with Crippen LogP contribution in [0.1, 0.15) is 5.56 Å². The average molecular weight is 324 g/mol. The second kappa shape index (κ2) is 3.46. The van der Waals surface area contributed by atoms with Crippen LogP contribution in [0, 0.1) is 10.5 Å². The van der Waals surface area contributed by atoms with Crippen LogP contribution in [0.2, 0.25) is 0 Å². The molecule has 2 heteroatoms. The van der Waals surface area contributed by atoms with Gasteiger partial charge in [-0.15, -0.1) is 11.3 Å². The zero-order valence-corrected chi connectivity index (χ0v) is 11.2. The Bertz CT molecular complexity index is 652. The molecular weight excluding hydrogens is 315 g/mol.